The van der Waals surface area contributed by atoms with Crippen LogP contribution in [0.1, 0.15) is 38.3 Å². The second kappa shape index (κ2) is 5.74. The van der Waals surface area contributed by atoms with Crippen LogP contribution >= 0.6 is 11.8 Å². The first-order valence-electron chi connectivity index (χ1n) is 7.44. The van der Waals surface area contributed by atoms with E-state index in [0.717, 1.165) is 6.54 Å². The first-order valence-corrected chi connectivity index (χ1v) is 8.43. The second-order valence-electron chi connectivity index (χ2n) is 5.70. The molecule has 0 saturated carbocycles. The third-order valence-electron chi connectivity index (χ3n) is 4.29. The van der Waals surface area contributed by atoms with Gasteiger partial charge in [-0.05, 0) is 49.1 Å². The molecule has 2 aromatic rings. The lowest BCUT2D eigenvalue weighted by molar-refractivity contribution is 0.424. The van der Waals surface area contributed by atoms with Gasteiger partial charge in [-0.1, -0.05) is 25.1 Å². The molecule has 1 N–H and O–H groups in total. The maximum Gasteiger partial charge on any atom is 0.0472 e. The van der Waals surface area contributed by atoms with Gasteiger partial charge in [0.05, 0.1) is 0 Å². The molecule has 0 aliphatic carbocycles. The van der Waals surface area contributed by atoms with Gasteiger partial charge in [0, 0.05) is 28.6 Å². The van der Waals surface area contributed by atoms with Crippen molar-refractivity contribution in [2.24, 2.45) is 0 Å². The summed E-state index contributed by atoms with van der Waals surface area (Å²) in [6, 6.07) is 9.15. The maximum absolute atomic E-state index is 4.25. The molecule has 1 saturated heterocycles. The first-order chi connectivity index (χ1) is 9.74. The molecule has 1 aliphatic rings. The van der Waals surface area contributed by atoms with Crippen LogP contribution in [0.2, 0.25) is 0 Å². The van der Waals surface area contributed by atoms with Crippen molar-refractivity contribution >= 4 is 22.5 Å². The lowest BCUT2D eigenvalue weighted by Gasteiger charge is -2.35. The second-order valence-corrected chi connectivity index (χ2v) is 7.33. The van der Waals surface area contributed by atoms with Crippen LogP contribution in [0.3, 0.4) is 0 Å². The number of fused-ring (bicyclic) bond motifs is 1. The predicted octanol–water partition coefficient (Wildman–Crippen LogP) is 4.17. The third kappa shape index (κ3) is 2.45. The zero-order valence-electron chi connectivity index (χ0n) is 12.2. The molecule has 0 spiro atoms. The minimum absolute atomic E-state index is 0.299. The van der Waals surface area contributed by atoms with Gasteiger partial charge in [0.15, 0.2) is 0 Å². The number of nitrogens with one attached hydrogen (secondary N) is 1. The molecule has 2 nitrogen and oxygen atoms in total. The topological polar surface area (TPSA) is 24.9 Å². The fraction of sp³-hybridized carbons (Fsp3) is 0.471. The molecule has 1 fully saturated rings. The molecule has 2 atom stereocenters. The fourth-order valence-corrected chi connectivity index (χ4v) is 4.71. The maximum atomic E-state index is 4.25. The van der Waals surface area contributed by atoms with E-state index >= 15 is 0 Å². The summed E-state index contributed by atoms with van der Waals surface area (Å²) < 4.78 is 0.299. The number of nitrogens with zero attached hydrogens (tertiary/aromatic N) is 1. The van der Waals surface area contributed by atoms with Crippen molar-refractivity contribution in [3.8, 4) is 0 Å². The highest BCUT2D eigenvalue weighted by atomic mass is 32.2. The Morgan fingerprint density at radius 2 is 2.30 bits per heavy atom. The molecule has 2 heterocycles. The van der Waals surface area contributed by atoms with Crippen molar-refractivity contribution < 1.29 is 0 Å². The molecular formula is C17H22N2S. The van der Waals surface area contributed by atoms with Crippen molar-refractivity contribution in [1.82, 2.24) is 10.3 Å². The Balaban J connectivity index is 2.09. The highest BCUT2D eigenvalue weighted by Gasteiger charge is 2.38. The summed E-state index contributed by atoms with van der Waals surface area (Å²) in [7, 11) is 0. The van der Waals surface area contributed by atoms with E-state index in [1.807, 2.05) is 12.4 Å². The van der Waals surface area contributed by atoms with E-state index in [1.165, 1.54) is 34.9 Å². The summed E-state index contributed by atoms with van der Waals surface area (Å²) in [4.78, 5) is 4.25. The molecule has 2 unspecified atom stereocenters. The Labute approximate surface area is 125 Å². The summed E-state index contributed by atoms with van der Waals surface area (Å²) in [6.45, 7) is 5.61. The number of pyridine rings is 1. The minimum Gasteiger partial charge on any atom is -0.309 e. The largest absolute Gasteiger partial charge is 0.309 e. The summed E-state index contributed by atoms with van der Waals surface area (Å²) in [5.41, 5.74) is 1.42. The molecule has 3 heteroatoms. The Morgan fingerprint density at radius 1 is 1.40 bits per heavy atom. The Kier molecular flexibility index (Phi) is 3.99. The number of rotatable bonds is 4. The van der Waals surface area contributed by atoms with Gasteiger partial charge in [-0.2, -0.15) is 11.8 Å². The van der Waals surface area contributed by atoms with E-state index in [0.29, 0.717) is 10.8 Å². The molecule has 1 aliphatic heterocycles. The van der Waals surface area contributed by atoms with Gasteiger partial charge in [-0.15, -0.1) is 0 Å². The number of hydrogen-bond donors (Lipinski definition) is 1. The third-order valence-corrected chi connectivity index (χ3v) is 5.89. The highest BCUT2D eigenvalue weighted by molar-refractivity contribution is 8.00. The molecule has 0 bridgehead atoms. The molecular weight excluding hydrogens is 264 g/mol. The van der Waals surface area contributed by atoms with E-state index < -0.39 is 0 Å². The van der Waals surface area contributed by atoms with Gasteiger partial charge >= 0.3 is 0 Å². The molecule has 3 rings (SSSR count). The van der Waals surface area contributed by atoms with Gasteiger partial charge < -0.3 is 5.32 Å². The van der Waals surface area contributed by atoms with Crippen LogP contribution in [0.15, 0.2) is 36.7 Å². The van der Waals surface area contributed by atoms with Gasteiger partial charge in [0.1, 0.15) is 0 Å². The van der Waals surface area contributed by atoms with E-state index in [4.69, 9.17) is 0 Å². The van der Waals surface area contributed by atoms with E-state index in [1.54, 1.807) is 0 Å². The SMILES string of the molecule is CCNC(c1cccc2cnccc12)C1(C)CCCS1. The van der Waals surface area contributed by atoms with Gasteiger partial charge in [0.2, 0.25) is 0 Å². The molecule has 0 amide bonds. The van der Waals surface area contributed by atoms with E-state index in [-0.39, 0.29) is 0 Å². The molecule has 1 aromatic heterocycles. The molecule has 106 valence electrons. The summed E-state index contributed by atoms with van der Waals surface area (Å²) >= 11 is 2.12. The van der Waals surface area contributed by atoms with E-state index in [2.05, 4.69) is 60.2 Å². The van der Waals surface area contributed by atoms with Crippen molar-refractivity contribution in [1.29, 1.82) is 0 Å². The predicted molar refractivity (Wildman–Crippen MR) is 88.3 cm³/mol. The average molecular weight is 286 g/mol. The van der Waals surface area contributed by atoms with Crippen molar-refractivity contribution in [3.63, 3.8) is 0 Å². The zero-order chi connectivity index (χ0) is 14.0. The van der Waals surface area contributed by atoms with Crippen molar-refractivity contribution in [2.45, 2.75) is 37.5 Å². The van der Waals surface area contributed by atoms with Crippen LogP contribution in [-0.4, -0.2) is 22.0 Å². The van der Waals surface area contributed by atoms with Gasteiger partial charge in [-0.3, -0.25) is 4.98 Å². The zero-order valence-corrected chi connectivity index (χ0v) is 13.0. The Bertz CT molecular complexity index is 585. The number of benzene rings is 1. The molecule has 0 radical (unpaired) electrons. The summed E-state index contributed by atoms with van der Waals surface area (Å²) in [5, 5.41) is 6.30. The monoisotopic (exact) mass is 286 g/mol. The number of aromatic nitrogens is 1. The van der Waals surface area contributed by atoms with Crippen LogP contribution in [0, 0.1) is 0 Å². The standard InChI is InChI=1S/C17H22N2S/c1-3-19-16(17(2)9-5-11-20-17)15-7-4-6-13-12-18-10-8-14(13)15/h4,6-8,10,12,16,19H,3,5,9,11H2,1-2H3. The quantitative estimate of drug-likeness (QED) is 0.913. The van der Waals surface area contributed by atoms with Crippen LogP contribution in [0.5, 0.6) is 0 Å². The van der Waals surface area contributed by atoms with Crippen LogP contribution in [-0.2, 0) is 0 Å². The lowest BCUT2D eigenvalue weighted by Crippen LogP contribution is -2.37. The normalized spacial score (nSPS) is 24.1. The van der Waals surface area contributed by atoms with E-state index in [9.17, 15) is 0 Å². The van der Waals surface area contributed by atoms with Crippen LogP contribution < -0.4 is 5.32 Å². The van der Waals surface area contributed by atoms with Crippen molar-refractivity contribution in [2.75, 3.05) is 12.3 Å². The van der Waals surface area contributed by atoms with Gasteiger partial charge in [-0.25, -0.2) is 0 Å². The molecule has 20 heavy (non-hydrogen) atoms. The fourth-order valence-electron chi connectivity index (χ4n) is 3.29. The number of thioether (sulfide) groups is 1. The van der Waals surface area contributed by atoms with Crippen molar-refractivity contribution in [3.05, 3.63) is 42.2 Å². The van der Waals surface area contributed by atoms with Gasteiger partial charge in [0.25, 0.3) is 0 Å². The first kappa shape index (κ1) is 13.9. The minimum atomic E-state index is 0.299. The summed E-state index contributed by atoms with van der Waals surface area (Å²) in [6.07, 6.45) is 6.48. The Hall–Kier alpha value is -1.06. The lowest BCUT2D eigenvalue weighted by atomic mass is 9.88. The number of hydrogen-bond acceptors (Lipinski definition) is 3. The molecule has 1 aromatic carbocycles. The average Bonchev–Trinajstić information content (AvgIpc) is 2.92. The summed E-state index contributed by atoms with van der Waals surface area (Å²) in [5.74, 6) is 1.28. The Morgan fingerprint density at radius 3 is 3.05 bits per heavy atom. The smallest absolute Gasteiger partial charge is 0.0472 e. The van der Waals surface area contributed by atoms with Crippen LogP contribution in [0.25, 0.3) is 10.8 Å². The highest BCUT2D eigenvalue weighted by Crippen LogP contribution is 2.47. The van der Waals surface area contributed by atoms with Crippen LogP contribution in [0.4, 0.5) is 0 Å².